The third kappa shape index (κ3) is 4.73. The molecule has 0 radical (unpaired) electrons. The molecule has 23 heavy (non-hydrogen) atoms. The molecule has 1 aliphatic carbocycles. The molecule has 0 aromatic carbocycles. The van der Waals surface area contributed by atoms with Crippen LogP contribution in [0.15, 0.2) is 0 Å². The number of carbonyl (C=O) groups excluding carboxylic acids is 2. The molecule has 0 spiro atoms. The van der Waals surface area contributed by atoms with Crippen LogP contribution in [0, 0.1) is 5.92 Å². The molecule has 2 N–H and O–H groups in total. The molecule has 1 heterocycles. The van der Waals surface area contributed by atoms with E-state index in [2.05, 4.69) is 34.7 Å². The average Bonchev–Trinajstić information content (AvgIpc) is 3.18. The van der Waals surface area contributed by atoms with E-state index < -0.39 is 6.04 Å². The van der Waals surface area contributed by atoms with Gasteiger partial charge < -0.3 is 5.32 Å². The van der Waals surface area contributed by atoms with Crippen LogP contribution in [0.5, 0.6) is 0 Å². The molecule has 128 valence electrons. The summed E-state index contributed by atoms with van der Waals surface area (Å²) in [7, 11) is 0. The van der Waals surface area contributed by atoms with Crippen LogP contribution in [0.25, 0.3) is 0 Å². The molecular weight excluding hydrogens is 312 g/mol. The number of carbonyl (C=O) groups is 2. The van der Waals surface area contributed by atoms with Gasteiger partial charge in [0.2, 0.25) is 16.9 Å². The van der Waals surface area contributed by atoms with E-state index in [1.54, 1.807) is 0 Å². The number of hydrogen-bond donors (Lipinski definition) is 2. The van der Waals surface area contributed by atoms with Gasteiger partial charge in [-0.05, 0) is 31.6 Å². The molecule has 1 atom stereocenters. The van der Waals surface area contributed by atoms with Gasteiger partial charge in [-0.15, -0.1) is 10.2 Å². The van der Waals surface area contributed by atoms with Crippen molar-refractivity contribution in [3.05, 3.63) is 5.01 Å². The zero-order valence-corrected chi connectivity index (χ0v) is 14.9. The van der Waals surface area contributed by atoms with Gasteiger partial charge in [0.25, 0.3) is 0 Å². The highest BCUT2D eigenvalue weighted by Crippen LogP contribution is 2.30. The first kappa shape index (κ1) is 17.8. The van der Waals surface area contributed by atoms with Crippen LogP contribution in [-0.4, -0.2) is 28.1 Å². The Kier molecular flexibility index (Phi) is 6.50. The molecule has 1 fully saturated rings. The third-order valence-electron chi connectivity index (χ3n) is 4.52. The van der Waals surface area contributed by atoms with Crippen LogP contribution < -0.4 is 10.6 Å². The van der Waals surface area contributed by atoms with Gasteiger partial charge in [0.1, 0.15) is 11.0 Å². The predicted octanol–water partition coefficient (Wildman–Crippen LogP) is 3.08. The number of anilines is 1. The van der Waals surface area contributed by atoms with Crippen molar-refractivity contribution in [3.63, 3.8) is 0 Å². The van der Waals surface area contributed by atoms with Gasteiger partial charge >= 0.3 is 0 Å². The number of hydrogen-bond acceptors (Lipinski definition) is 5. The standard InChI is InChI=1S/C16H26N4O2S/c1-4-11(5-2)15-19-20-16(23-15)18-14(22)13(17-10(3)21)12-8-6-7-9-12/h11-13H,4-9H2,1-3H3,(H,17,21)(H,18,20,22)/t13-/m1/s1. The van der Waals surface area contributed by atoms with E-state index in [0.29, 0.717) is 11.0 Å². The lowest BCUT2D eigenvalue weighted by Crippen LogP contribution is -2.47. The molecule has 0 unspecified atom stereocenters. The van der Waals surface area contributed by atoms with Crippen LogP contribution in [0.1, 0.15) is 70.2 Å². The van der Waals surface area contributed by atoms with Gasteiger partial charge in [0.05, 0.1) is 0 Å². The van der Waals surface area contributed by atoms with Crippen molar-refractivity contribution in [2.45, 2.75) is 71.3 Å². The second-order valence-electron chi connectivity index (χ2n) is 6.17. The molecule has 1 saturated carbocycles. The molecule has 0 aliphatic heterocycles. The Morgan fingerprint density at radius 1 is 1.22 bits per heavy atom. The molecule has 7 heteroatoms. The Bertz CT molecular complexity index is 536. The molecule has 6 nitrogen and oxygen atoms in total. The molecular formula is C16H26N4O2S. The van der Waals surface area contributed by atoms with Crippen molar-refractivity contribution in [1.82, 2.24) is 15.5 Å². The highest BCUT2D eigenvalue weighted by Gasteiger charge is 2.32. The lowest BCUT2D eigenvalue weighted by atomic mass is 9.97. The minimum atomic E-state index is -0.476. The first-order valence-corrected chi connectivity index (χ1v) is 9.28. The molecule has 0 bridgehead atoms. The van der Waals surface area contributed by atoms with E-state index in [9.17, 15) is 9.59 Å². The van der Waals surface area contributed by atoms with Crippen LogP contribution in [0.4, 0.5) is 5.13 Å². The molecule has 2 rings (SSSR count). The summed E-state index contributed by atoms with van der Waals surface area (Å²) in [5.41, 5.74) is 0. The van der Waals surface area contributed by atoms with E-state index in [1.165, 1.54) is 18.3 Å². The second-order valence-corrected chi connectivity index (χ2v) is 7.18. The highest BCUT2D eigenvalue weighted by atomic mass is 32.1. The van der Waals surface area contributed by atoms with E-state index in [4.69, 9.17) is 0 Å². The summed E-state index contributed by atoms with van der Waals surface area (Å²) >= 11 is 1.43. The average molecular weight is 338 g/mol. The maximum Gasteiger partial charge on any atom is 0.249 e. The predicted molar refractivity (Wildman–Crippen MR) is 91.4 cm³/mol. The number of rotatable bonds is 7. The largest absolute Gasteiger partial charge is 0.344 e. The summed E-state index contributed by atoms with van der Waals surface area (Å²) < 4.78 is 0. The quantitative estimate of drug-likeness (QED) is 0.800. The lowest BCUT2D eigenvalue weighted by Gasteiger charge is -2.22. The summed E-state index contributed by atoms with van der Waals surface area (Å²) in [5, 5.41) is 15.4. The van der Waals surface area contributed by atoms with Crippen LogP contribution in [0.2, 0.25) is 0 Å². The number of aromatic nitrogens is 2. The molecule has 1 aromatic heterocycles. The fourth-order valence-corrected chi connectivity index (χ4v) is 4.19. The minimum Gasteiger partial charge on any atom is -0.344 e. The molecule has 2 amide bonds. The summed E-state index contributed by atoms with van der Waals surface area (Å²) in [4.78, 5) is 24.0. The zero-order chi connectivity index (χ0) is 16.8. The van der Waals surface area contributed by atoms with Crippen LogP contribution in [-0.2, 0) is 9.59 Å². The summed E-state index contributed by atoms with van der Waals surface area (Å²) in [6.45, 7) is 5.70. The number of amides is 2. The summed E-state index contributed by atoms with van der Waals surface area (Å²) in [6.07, 6.45) is 6.21. The first-order chi connectivity index (χ1) is 11.0. The number of nitrogens with zero attached hydrogens (tertiary/aromatic N) is 2. The fourth-order valence-electron chi connectivity index (χ4n) is 3.18. The summed E-state index contributed by atoms with van der Waals surface area (Å²) in [5.74, 6) is 0.246. The Morgan fingerprint density at radius 2 is 1.87 bits per heavy atom. The Hall–Kier alpha value is -1.50. The van der Waals surface area contributed by atoms with Crippen molar-refractivity contribution in [2.75, 3.05) is 5.32 Å². The Labute approximate surface area is 141 Å². The normalized spacial score (nSPS) is 16.5. The van der Waals surface area contributed by atoms with Crippen molar-refractivity contribution in [1.29, 1.82) is 0 Å². The zero-order valence-electron chi connectivity index (χ0n) is 14.1. The van der Waals surface area contributed by atoms with Gasteiger partial charge in [-0.25, -0.2) is 0 Å². The minimum absolute atomic E-state index is 0.174. The van der Waals surface area contributed by atoms with Gasteiger partial charge in [0.15, 0.2) is 0 Å². The molecule has 0 saturated heterocycles. The number of nitrogens with one attached hydrogen (secondary N) is 2. The maximum atomic E-state index is 12.6. The monoisotopic (exact) mass is 338 g/mol. The fraction of sp³-hybridized carbons (Fsp3) is 0.750. The van der Waals surface area contributed by atoms with Crippen molar-refractivity contribution >= 4 is 28.3 Å². The Balaban J connectivity index is 2.04. The maximum absolute atomic E-state index is 12.6. The van der Waals surface area contributed by atoms with Gasteiger partial charge in [-0.2, -0.15) is 0 Å². The molecule has 1 aliphatic rings. The first-order valence-electron chi connectivity index (χ1n) is 8.46. The third-order valence-corrected chi connectivity index (χ3v) is 5.52. The smallest absolute Gasteiger partial charge is 0.249 e. The van der Waals surface area contributed by atoms with Gasteiger partial charge in [0, 0.05) is 12.8 Å². The Morgan fingerprint density at radius 3 is 2.43 bits per heavy atom. The van der Waals surface area contributed by atoms with Crippen molar-refractivity contribution in [2.24, 2.45) is 5.92 Å². The highest BCUT2D eigenvalue weighted by molar-refractivity contribution is 7.15. The van der Waals surface area contributed by atoms with Crippen molar-refractivity contribution < 1.29 is 9.59 Å². The summed E-state index contributed by atoms with van der Waals surface area (Å²) in [6, 6.07) is -0.476. The van der Waals surface area contributed by atoms with Gasteiger partial charge in [-0.1, -0.05) is 38.0 Å². The lowest BCUT2D eigenvalue weighted by molar-refractivity contribution is -0.126. The molecule has 1 aromatic rings. The van der Waals surface area contributed by atoms with E-state index >= 15 is 0 Å². The van der Waals surface area contributed by atoms with Crippen molar-refractivity contribution in [3.8, 4) is 0 Å². The second kappa shape index (κ2) is 8.38. The van der Waals surface area contributed by atoms with E-state index in [0.717, 1.165) is 43.5 Å². The van der Waals surface area contributed by atoms with Gasteiger partial charge in [-0.3, -0.25) is 14.9 Å². The van der Waals surface area contributed by atoms with E-state index in [-0.39, 0.29) is 17.7 Å². The van der Waals surface area contributed by atoms with Crippen LogP contribution in [0.3, 0.4) is 0 Å². The topological polar surface area (TPSA) is 84.0 Å². The van der Waals surface area contributed by atoms with E-state index in [1.807, 2.05) is 0 Å². The SMILES string of the molecule is CCC(CC)c1nnc(NC(=O)[C@H](NC(C)=O)C2CCCC2)s1. The van der Waals surface area contributed by atoms with Crippen LogP contribution >= 0.6 is 11.3 Å².